The fourth-order valence-electron chi connectivity index (χ4n) is 3.83. The van der Waals surface area contributed by atoms with E-state index in [1.165, 1.54) is 11.1 Å². The van der Waals surface area contributed by atoms with E-state index in [2.05, 4.69) is 48.2 Å². The Morgan fingerprint density at radius 2 is 1.33 bits per heavy atom. The van der Waals surface area contributed by atoms with Gasteiger partial charge in [-0.3, -0.25) is 9.69 Å². The van der Waals surface area contributed by atoms with Crippen LogP contribution in [0.4, 0.5) is 0 Å². The van der Waals surface area contributed by atoms with E-state index in [1.54, 1.807) is 0 Å². The Kier molecular flexibility index (Phi) is 8.16. The molecule has 3 aromatic rings. The second-order valence-corrected chi connectivity index (χ2v) is 7.88. The second-order valence-electron chi connectivity index (χ2n) is 7.88. The predicted octanol–water partition coefficient (Wildman–Crippen LogP) is 3.52. The molecule has 0 bridgehead atoms. The highest BCUT2D eigenvalue weighted by Gasteiger charge is 2.23. The van der Waals surface area contributed by atoms with Gasteiger partial charge in [0.2, 0.25) is 0 Å². The zero-order valence-electron chi connectivity index (χ0n) is 18.6. The maximum Gasteiger partial charge on any atom is 0.414 e. The van der Waals surface area contributed by atoms with Crippen molar-refractivity contribution in [3.63, 3.8) is 0 Å². The molecule has 1 heterocycles. The molecule has 1 aliphatic rings. The smallest absolute Gasteiger partial charge is 0.414 e. The Morgan fingerprint density at radius 3 is 1.94 bits per heavy atom. The van der Waals surface area contributed by atoms with E-state index >= 15 is 0 Å². The molecule has 0 aliphatic carbocycles. The molecule has 0 radical (unpaired) electrons. The molecule has 3 aromatic carbocycles. The largest absolute Gasteiger partial charge is 0.473 e. The average Bonchev–Trinajstić information content (AvgIpc) is 2.84. The number of benzene rings is 3. The van der Waals surface area contributed by atoms with Crippen LogP contribution in [-0.2, 0) is 22.6 Å². The summed E-state index contributed by atoms with van der Waals surface area (Å²) >= 11 is 0. The summed E-state index contributed by atoms with van der Waals surface area (Å²) in [5.74, 6) is -3.50. The molecule has 1 saturated heterocycles. The molecule has 0 spiro atoms. The van der Waals surface area contributed by atoms with Gasteiger partial charge in [0.05, 0.1) is 0 Å². The number of carboxylic acid groups (broad SMARTS) is 2. The van der Waals surface area contributed by atoms with Crippen LogP contribution in [0.3, 0.4) is 0 Å². The van der Waals surface area contributed by atoms with Gasteiger partial charge in [-0.1, -0.05) is 67.6 Å². The predicted molar refractivity (Wildman–Crippen MR) is 126 cm³/mol. The highest BCUT2D eigenvalue weighted by Crippen LogP contribution is 2.21. The van der Waals surface area contributed by atoms with Crippen molar-refractivity contribution in [3.8, 4) is 0 Å². The van der Waals surface area contributed by atoms with E-state index in [9.17, 15) is 4.79 Å². The molecule has 172 valence electrons. The summed E-state index contributed by atoms with van der Waals surface area (Å²) in [5.41, 5.74) is 3.54. The molecule has 4 rings (SSSR count). The number of aliphatic carboxylic acids is 2. The Bertz CT molecular complexity index is 1100. The van der Waals surface area contributed by atoms with Gasteiger partial charge in [0, 0.05) is 38.3 Å². The van der Waals surface area contributed by atoms with Crippen LogP contribution in [0.2, 0.25) is 0 Å². The molecule has 2 N–H and O–H groups in total. The number of fused-ring (bicyclic) bond motifs is 1. The zero-order chi connectivity index (χ0) is 23.8. The lowest BCUT2D eigenvalue weighted by molar-refractivity contribution is -0.159. The van der Waals surface area contributed by atoms with Gasteiger partial charge in [-0.25, -0.2) is 9.59 Å². The van der Waals surface area contributed by atoms with Crippen molar-refractivity contribution in [3.05, 3.63) is 83.4 Å². The summed E-state index contributed by atoms with van der Waals surface area (Å²) in [4.78, 5) is 35.7. The fourth-order valence-corrected chi connectivity index (χ4v) is 3.83. The third-order valence-corrected chi connectivity index (χ3v) is 5.70. The number of piperazine rings is 1. The van der Waals surface area contributed by atoms with Crippen LogP contribution in [0.1, 0.15) is 28.4 Å². The van der Waals surface area contributed by atoms with E-state index in [1.807, 2.05) is 35.2 Å². The summed E-state index contributed by atoms with van der Waals surface area (Å²) in [6.45, 7) is 6.56. The van der Waals surface area contributed by atoms with Gasteiger partial charge >= 0.3 is 11.9 Å². The van der Waals surface area contributed by atoms with Gasteiger partial charge in [0.15, 0.2) is 0 Å². The van der Waals surface area contributed by atoms with Crippen LogP contribution in [0, 0.1) is 0 Å². The lowest BCUT2D eigenvalue weighted by atomic mass is 10.0. The fraction of sp³-hybridized carbons (Fsp3) is 0.269. The Balaban J connectivity index is 0.000000454. The molecule has 0 unspecified atom stereocenters. The second kappa shape index (κ2) is 11.2. The van der Waals surface area contributed by atoms with E-state index in [-0.39, 0.29) is 5.91 Å². The van der Waals surface area contributed by atoms with Crippen LogP contribution in [0.5, 0.6) is 0 Å². The van der Waals surface area contributed by atoms with Crippen LogP contribution in [-0.4, -0.2) is 64.0 Å². The van der Waals surface area contributed by atoms with Crippen molar-refractivity contribution >= 4 is 28.6 Å². The van der Waals surface area contributed by atoms with E-state index in [0.29, 0.717) is 0 Å². The molecule has 0 atom stereocenters. The van der Waals surface area contributed by atoms with Crippen LogP contribution >= 0.6 is 0 Å². The van der Waals surface area contributed by atoms with Crippen molar-refractivity contribution in [2.75, 3.05) is 26.2 Å². The van der Waals surface area contributed by atoms with Crippen LogP contribution < -0.4 is 0 Å². The van der Waals surface area contributed by atoms with Gasteiger partial charge in [-0.05, 0) is 34.4 Å². The molecule has 7 nitrogen and oxygen atoms in total. The van der Waals surface area contributed by atoms with Gasteiger partial charge < -0.3 is 15.1 Å². The minimum absolute atomic E-state index is 0.152. The van der Waals surface area contributed by atoms with Gasteiger partial charge in [-0.2, -0.15) is 0 Å². The summed E-state index contributed by atoms with van der Waals surface area (Å²) in [6.07, 6.45) is 1.08. The quantitative estimate of drug-likeness (QED) is 0.593. The molecule has 0 saturated carbocycles. The normalized spacial score (nSPS) is 13.8. The summed E-state index contributed by atoms with van der Waals surface area (Å²) in [7, 11) is 0. The molecule has 7 heteroatoms. The first-order valence-corrected chi connectivity index (χ1v) is 10.9. The minimum atomic E-state index is -1.82. The number of amides is 1. The van der Waals surface area contributed by atoms with Gasteiger partial charge in [0.25, 0.3) is 5.91 Å². The lowest BCUT2D eigenvalue weighted by Crippen LogP contribution is -2.48. The Hall–Kier alpha value is -3.71. The number of hydrogen-bond donors (Lipinski definition) is 2. The first-order chi connectivity index (χ1) is 15.9. The van der Waals surface area contributed by atoms with Crippen molar-refractivity contribution in [1.82, 2.24) is 9.80 Å². The SMILES string of the molecule is CCc1ccc(CN2CCN(C(=O)c3cccc4ccccc34)CC2)cc1.O=C(O)C(=O)O. The first kappa shape index (κ1) is 23.9. The average molecular weight is 449 g/mol. The maximum atomic E-state index is 13.1. The minimum Gasteiger partial charge on any atom is -0.473 e. The van der Waals surface area contributed by atoms with E-state index in [4.69, 9.17) is 19.8 Å². The van der Waals surface area contributed by atoms with Crippen LogP contribution in [0.25, 0.3) is 10.8 Å². The van der Waals surface area contributed by atoms with E-state index < -0.39 is 11.9 Å². The van der Waals surface area contributed by atoms with Crippen molar-refractivity contribution < 1.29 is 24.6 Å². The highest BCUT2D eigenvalue weighted by atomic mass is 16.4. The topological polar surface area (TPSA) is 98.2 Å². The van der Waals surface area contributed by atoms with Gasteiger partial charge in [0.1, 0.15) is 0 Å². The first-order valence-electron chi connectivity index (χ1n) is 10.9. The number of carbonyl (C=O) groups excluding carboxylic acids is 1. The summed E-state index contributed by atoms with van der Waals surface area (Å²) < 4.78 is 0. The van der Waals surface area contributed by atoms with E-state index in [0.717, 1.165) is 55.5 Å². The highest BCUT2D eigenvalue weighted by molar-refractivity contribution is 6.27. The molecule has 33 heavy (non-hydrogen) atoms. The monoisotopic (exact) mass is 448 g/mol. The maximum absolute atomic E-state index is 13.1. The third kappa shape index (κ3) is 6.40. The number of rotatable bonds is 4. The molecule has 1 amide bonds. The Morgan fingerprint density at radius 1 is 0.758 bits per heavy atom. The number of nitrogens with zero attached hydrogens (tertiary/aromatic N) is 2. The molecule has 1 aliphatic heterocycles. The lowest BCUT2D eigenvalue weighted by Gasteiger charge is -2.35. The van der Waals surface area contributed by atoms with Crippen molar-refractivity contribution in [2.45, 2.75) is 19.9 Å². The molecular formula is C26H28N2O5. The molecular weight excluding hydrogens is 420 g/mol. The number of aryl methyl sites for hydroxylation is 1. The third-order valence-electron chi connectivity index (χ3n) is 5.70. The number of carboxylic acids is 2. The Labute approximate surface area is 192 Å². The summed E-state index contributed by atoms with van der Waals surface area (Å²) in [6, 6.07) is 23.0. The van der Waals surface area contributed by atoms with Crippen molar-refractivity contribution in [2.24, 2.45) is 0 Å². The standard InChI is InChI=1S/C24H26N2O.C2H2O4/c1-2-19-10-12-20(13-11-19)18-25-14-16-26(17-15-25)24(27)23-9-5-7-21-6-3-4-8-22(21)23;3-1(4)2(5)6/h3-13H,2,14-18H2,1H3;(H,3,4)(H,5,6). The number of hydrogen-bond acceptors (Lipinski definition) is 4. The summed E-state index contributed by atoms with van der Waals surface area (Å²) in [5, 5.41) is 16.9. The molecule has 0 aromatic heterocycles. The van der Waals surface area contributed by atoms with Crippen LogP contribution in [0.15, 0.2) is 66.7 Å². The van der Waals surface area contributed by atoms with Gasteiger partial charge in [-0.15, -0.1) is 0 Å². The van der Waals surface area contributed by atoms with Crippen molar-refractivity contribution in [1.29, 1.82) is 0 Å². The molecule has 1 fully saturated rings. The number of carbonyl (C=O) groups is 3. The zero-order valence-corrected chi connectivity index (χ0v) is 18.6.